The second-order valence-corrected chi connectivity index (χ2v) is 9.00. The van der Waals surface area contributed by atoms with Crippen LogP contribution in [-0.2, 0) is 4.79 Å². The molecular formula is C20H30O3. The van der Waals surface area contributed by atoms with Crippen LogP contribution in [0.15, 0.2) is 11.6 Å². The van der Waals surface area contributed by atoms with E-state index < -0.39 is 0 Å². The van der Waals surface area contributed by atoms with Crippen LogP contribution in [-0.4, -0.2) is 28.7 Å². The summed E-state index contributed by atoms with van der Waals surface area (Å²) in [6.07, 6.45) is 9.58. The van der Waals surface area contributed by atoms with Crippen molar-refractivity contribution in [3.63, 3.8) is 0 Å². The number of carbonyl (C=O) groups excluding carboxylic acids is 1. The van der Waals surface area contributed by atoms with E-state index in [1.54, 1.807) is 0 Å². The largest absolute Gasteiger partial charge is 0.393 e. The van der Waals surface area contributed by atoms with Crippen LogP contribution in [0.4, 0.5) is 0 Å². The molecule has 0 amide bonds. The highest BCUT2D eigenvalue weighted by Crippen LogP contribution is 2.65. The first-order valence-corrected chi connectivity index (χ1v) is 9.47. The monoisotopic (exact) mass is 318 g/mol. The van der Waals surface area contributed by atoms with Crippen molar-refractivity contribution >= 4 is 6.29 Å². The van der Waals surface area contributed by atoms with Crippen LogP contribution in [0.3, 0.4) is 0 Å². The molecule has 128 valence electrons. The SMILES string of the molecule is CC1CC(O)C=C2CC[C@@H]3[C@@H](CC[C@]4(C)C(O)CC[C@@H]34)[C@]21C=O. The number of hydrogen-bond acceptors (Lipinski definition) is 3. The molecule has 0 aromatic rings. The summed E-state index contributed by atoms with van der Waals surface area (Å²) in [5, 5.41) is 20.6. The minimum absolute atomic E-state index is 0.0594. The number of hydrogen-bond donors (Lipinski definition) is 2. The number of aldehydes is 1. The van der Waals surface area contributed by atoms with Gasteiger partial charge in [-0.3, -0.25) is 0 Å². The van der Waals surface area contributed by atoms with Crippen LogP contribution in [0.2, 0.25) is 0 Å². The van der Waals surface area contributed by atoms with Gasteiger partial charge in [-0.15, -0.1) is 0 Å². The highest BCUT2D eigenvalue weighted by molar-refractivity contribution is 5.68. The van der Waals surface area contributed by atoms with Crippen molar-refractivity contribution in [1.82, 2.24) is 0 Å². The second-order valence-electron chi connectivity index (χ2n) is 9.00. The molecule has 4 rings (SSSR count). The quantitative estimate of drug-likeness (QED) is 0.577. The molecule has 0 aromatic carbocycles. The van der Waals surface area contributed by atoms with E-state index in [1.807, 2.05) is 6.08 Å². The summed E-state index contributed by atoms with van der Waals surface area (Å²) in [5.41, 5.74) is 0.920. The number of aliphatic hydroxyl groups is 2. The van der Waals surface area contributed by atoms with Crippen LogP contribution >= 0.6 is 0 Å². The van der Waals surface area contributed by atoms with E-state index in [0.717, 1.165) is 38.5 Å². The van der Waals surface area contributed by atoms with Gasteiger partial charge < -0.3 is 15.0 Å². The van der Waals surface area contributed by atoms with Gasteiger partial charge >= 0.3 is 0 Å². The van der Waals surface area contributed by atoms with Crippen molar-refractivity contribution in [2.75, 3.05) is 0 Å². The standard InChI is InChI=1S/C20H30O3/c1-12-9-14(22)10-13-3-4-15-16-5-6-18(23)19(16,2)8-7-17(15)20(12,13)11-21/h10-12,14-18,22-23H,3-9H2,1-2H3/t12?,14?,15-,16-,17+,18?,19-,20-/m0/s1. The number of allylic oxidation sites excluding steroid dienone is 1. The Morgan fingerprint density at radius 2 is 1.96 bits per heavy atom. The van der Waals surface area contributed by atoms with Crippen LogP contribution in [0.1, 0.15) is 58.8 Å². The molecule has 3 saturated carbocycles. The van der Waals surface area contributed by atoms with Crippen molar-refractivity contribution in [2.24, 2.45) is 34.5 Å². The molecular weight excluding hydrogens is 288 g/mol. The number of rotatable bonds is 1. The lowest BCUT2D eigenvalue weighted by Gasteiger charge is -2.59. The van der Waals surface area contributed by atoms with E-state index in [1.165, 1.54) is 11.9 Å². The summed E-state index contributed by atoms with van der Waals surface area (Å²) in [4.78, 5) is 12.4. The van der Waals surface area contributed by atoms with E-state index in [9.17, 15) is 15.0 Å². The number of fused-ring (bicyclic) bond motifs is 5. The summed E-state index contributed by atoms with van der Waals surface area (Å²) in [6, 6.07) is 0. The molecule has 3 fully saturated rings. The van der Waals surface area contributed by atoms with Gasteiger partial charge in [0.05, 0.1) is 17.6 Å². The van der Waals surface area contributed by atoms with Gasteiger partial charge in [-0.25, -0.2) is 0 Å². The van der Waals surface area contributed by atoms with Crippen molar-refractivity contribution in [2.45, 2.75) is 71.0 Å². The number of carbonyl (C=O) groups is 1. The zero-order chi connectivity index (χ0) is 16.4. The maximum absolute atomic E-state index is 12.4. The summed E-state index contributed by atoms with van der Waals surface area (Å²) < 4.78 is 0. The van der Waals surface area contributed by atoms with E-state index in [4.69, 9.17) is 0 Å². The Hall–Kier alpha value is -0.670. The summed E-state index contributed by atoms with van der Waals surface area (Å²) in [6.45, 7) is 4.43. The van der Waals surface area contributed by atoms with Gasteiger partial charge in [-0.1, -0.05) is 25.5 Å². The zero-order valence-corrected chi connectivity index (χ0v) is 14.4. The lowest BCUT2D eigenvalue weighted by atomic mass is 9.45. The molecule has 4 aliphatic rings. The Balaban J connectivity index is 1.75. The Morgan fingerprint density at radius 1 is 1.17 bits per heavy atom. The van der Waals surface area contributed by atoms with Crippen molar-refractivity contribution in [1.29, 1.82) is 0 Å². The molecule has 0 heterocycles. The third kappa shape index (κ3) is 1.93. The van der Waals surface area contributed by atoms with Crippen molar-refractivity contribution < 1.29 is 15.0 Å². The minimum atomic E-state index is -0.383. The molecule has 2 N–H and O–H groups in total. The predicted molar refractivity (Wildman–Crippen MR) is 88.7 cm³/mol. The molecule has 0 aromatic heterocycles. The summed E-state index contributed by atoms with van der Waals surface area (Å²) >= 11 is 0. The van der Waals surface area contributed by atoms with Gasteiger partial charge in [0.25, 0.3) is 0 Å². The molecule has 3 unspecified atom stereocenters. The first kappa shape index (κ1) is 15.8. The van der Waals surface area contributed by atoms with E-state index in [0.29, 0.717) is 24.2 Å². The smallest absolute Gasteiger partial charge is 0.130 e. The Morgan fingerprint density at radius 3 is 2.70 bits per heavy atom. The zero-order valence-electron chi connectivity index (χ0n) is 14.4. The molecule has 0 bridgehead atoms. The van der Waals surface area contributed by atoms with Gasteiger partial charge in [0.1, 0.15) is 6.29 Å². The molecule has 4 aliphatic carbocycles. The lowest BCUT2D eigenvalue weighted by molar-refractivity contribution is -0.134. The predicted octanol–water partition coefficient (Wildman–Crippen LogP) is 3.10. The average molecular weight is 318 g/mol. The van der Waals surface area contributed by atoms with Gasteiger partial charge in [0.15, 0.2) is 0 Å². The normalized spacial score (nSPS) is 55.4. The summed E-state index contributed by atoms with van der Waals surface area (Å²) in [7, 11) is 0. The fourth-order valence-corrected chi connectivity index (χ4v) is 7.08. The second kappa shape index (κ2) is 5.16. The van der Waals surface area contributed by atoms with Gasteiger partial charge in [-0.05, 0) is 74.0 Å². The Bertz CT molecular complexity index is 541. The van der Waals surface area contributed by atoms with Crippen LogP contribution < -0.4 is 0 Å². The molecule has 3 heteroatoms. The Kier molecular flexibility index (Phi) is 3.55. The summed E-state index contributed by atoms with van der Waals surface area (Å²) in [5.74, 6) is 1.75. The highest BCUT2D eigenvalue weighted by atomic mass is 16.3. The average Bonchev–Trinajstić information content (AvgIpc) is 2.82. The van der Waals surface area contributed by atoms with Crippen LogP contribution in [0.5, 0.6) is 0 Å². The van der Waals surface area contributed by atoms with E-state index >= 15 is 0 Å². The van der Waals surface area contributed by atoms with E-state index in [-0.39, 0.29) is 29.0 Å². The van der Waals surface area contributed by atoms with Crippen molar-refractivity contribution in [3.05, 3.63) is 11.6 Å². The Labute approximate surface area is 139 Å². The molecule has 8 atom stereocenters. The van der Waals surface area contributed by atoms with Gasteiger partial charge in [-0.2, -0.15) is 0 Å². The molecule has 0 aliphatic heterocycles. The topological polar surface area (TPSA) is 57.5 Å². The maximum atomic E-state index is 12.4. The van der Waals surface area contributed by atoms with Crippen molar-refractivity contribution in [3.8, 4) is 0 Å². The first-order valence-electron chi connectivity index (χ1n) is 9.47. The maximum Gasteiger partial charge on any atom is 0.130 e. The minimum Gasteiger partial charge on any atom is -0.393 e. The number of aliphatic hydroxyl groups excluding tert-OH is 2. The fraction of sp³-hybridized carbons (Fsp3) is 0.850. The van der Waals surface area contributed by atoms with Crippen LogP contribution in [0.25, 0.3) is 0 Å². The highest BCUT2D eigenvalue weighted by Gasteiger charge is 2.61. The molecule has 3 nitrogen and oxygen atoms in total. The first-order chi connectivity index (χ1) is 10.9. The molecule has 0 saturated heterocycles. The fourth-order valence-electron chi connectivity index (χ4n) is 7.08. The lowest BCUT2D eigenvalue weighted by Crippen LogP contribution is -2.55. The van der Waals surface area contributed by atoms with Gasteiger partial charge in [0, 0.05) is 0 Å². The third-order valence-corrected chi connectivity index (χ3v) is 8.30. The molecule has 0 spiro atoms. The molecule has 0 radical (unpaired) electrons. The molecule has 23 heavy (non-hydrogen) atoms. The van der Waals surface area contributed by atoms with Gasteiger partial charge in [0.2, 0.25) is 0 Å². The van der Waals surface area contributed by atoms with Crippen LogP contribution in [0, 0.1) is 34.5 Å². The third-order valence-electron chi connectivity index (χ3n) is 8.30. The van der Waals surface area contributed by atoms with E-state index in [2.05, 4.69) is 13.8 Å².